The summed E-state index contributed by atoms with van der Waals surface area (Å²) in [6, 6.07) is 10.7. The van der Waals surface area contributed by atoms with Crippen molar-refractivity contribution in [3.63, 3.8) is 0 Å². The minimum atomic E-state index is -0.536. The number of benzene rings is 2. The monoisotopic (exact) mass is 259 g/mol. The summed E-state index contributed by atoms with van der Waals surface area (Å²) < 4.78 is 13.4. The Morgan fingerprint density at radius 3 is 2.53 bits per heavy atom. The molecule has 0 heterocycles. The minimum absolute atomic E-state index is 0.118. The Hall–Kier alpha value is -2.56. The number of carbonyl (C=O) groups excluding carboxylic acids is 1. The van der Waals surface area contributed by atoms with Crippen LogP contribution >= 0.6 is 0 Å². The van der Waals surface area contributed by atoms with Crippen LogP contribution in [-0.4, -0.2) is 6.03 Å². The summed E-state index contributed by atoms with van der Waals surface area (Å²) in [5.41, 5.74) is 7.72. The van der Waals surface area contributed by atoms with E-state index in [-0.39, 0.29) is 5.69 Å². The van der Waals surface area contributed by atoms with E-state index in [0.29, 0.717) is 11.4 Å². The predicted molar refractivity (Wildman–Crippen MR) is 74.6 cm³/mol. The van der Waals surface area contributed by atoms with Crippen LogP contribution in [0.4, 0.5) is 26.2 Å². The third-order valence-electron chi connectivity index (χ3n) is 2.67. The topological polar surface area (TPSA) is 67.1 Å². The highest BCUT2D eigenvalue weighted by molar-refractivity contribution is 6.02. The lowest BCUT2D eigenvalue weighted by molar-refractivity contribution is 0.262. The number of halogens is 1. The number of anilines is 3. The van der Waals surface area contributed by atoms with Crippen LogP contribution in [-0.2, 0) is 0 Å². The predicted octanol–water partition coefficient (Wildman–Crippen LogP) is 3.36. The van der Waals surface area contributed by atoms with Gasteiger partial charge in [-0.2, -0.15) is 0 Å². The van der Waals surface area contributed by atoms with E-state index in [1.54, 1.807) is 24.3 Å². The summed E-state index contributed by atoms with van der Waals surface area (Å²) >= 11 is 0. The summed E-state index contributed by atoms with van der Waals surface area (Å²) in [4.78, 5) is 11.8. The first-order chi connectivity index (χ1) is 9.08. The van der Waals surface area contributed by atoms with E-state index in [1.165, 1.54) is 12.1 Å². The molecule has 0 saturated carbocycles. The van der Waals surface area contributed by atoms with Crippen LogP contribution in [0.1, 0.15) is 5.56 Å². The number of aryl methyl sites for hydroxylation is 1. The van der Waals surface area contributed by atoms with E-state index in [0.717, 1.165) is 5.56 Å². The van der Waals surface area contributed by atoms with E-state index in [9.17, 15) is 9.18 Å². The normalized spacial score (nSPS) is 10.0. The summed E-state index contributed by atoms with van der Waals surface area (Å²) in [5, 5.41) is 5.04. The van der Waals surface area contributed by atoms with E-state index in [4.69, 9.17) is 5.73 Å². The van der Waals surface area contributed by atoms with Gasteiger partial charge in [-0.1, -0.05) is 24.3 Å². The molecule has 0 aromatic heterocycles. The molecule has 19 heavy (non-hydrogen) atoms. The highest BCUT2D eigenvalue weighted by atomic mass is 19.1. The molecule has 0 bridgehead atoms. The number of nitrogens with two attached hydrogens (primary N) is 1. The second-order valence-electron chi connectivity index (χ2n) is 4.10. The Morgan fingerprint density at radius 1 is 1.11 bits per heavy atom. The van der Waals surface area contributed by atoms with Crippen molar-refractivity contribution in [2.24, 2.45) is 0 Å². The Bertz CT molecular complexity index is 593. The van der Waals surface area contributed by atoms with Gasteiger partial charge in [0.25, 0.3) is 0 Å². The summed E-state index contributed by atoms with van der Waals surface area (Å²) in [6.07, 6.45) is 0. The van der Waals surface area contributed by atoms with Crippen LogP contribution in [0.25, 0.3) is 0 Å². The first kappa shape index (κ1) is 12.9. The standard InChI is InChI=1S/C14H14FN3O/c1-9-5-4-7-11(16)13(9)18-14(19)17-12-8-3-2-6-10(12)15/h2-8H,16H2,1H3,(H2,17,18,19). The number of hydrogen-bond donors (Lipinski definition) is 3. The molecule has 2 rings (SSSR count). The molecule has 5 heteroatoms. The van der Waals surface area contributed by atoms with Gasteiger partial charge in [0.2, 0.25) is 0 Å². The molecule has 98 valence electrons. The molecule has 0 aliphatic carbocycles. The molecule has 4 nitrogen and oxygen atoms in total. The number of nitrogens with one attached hydrogen (secondary N) is 2. The first-order valence-electron chi connectivity index (χ1n) is 5.75. The van der Waals surface area contributed by atoms with E-state index >= 15 is 0 Å². The maximum Gasteiger partial charge on any atom is 0.323 e. The SMILES string of the molecule is Cc1cccc(N)c1NC(=O)Nc1ccccc1F. The van der Waals surface area contributed by atoms with Crippen molar-refractivity contribution in [3.05, 3.63) is 53.8 Å². The Kier molecular flexibility index (Phi) is 3.66. The van der Waals surface area contributed by atoms with Crippen molar-refractivity contribution in [1.29, 1.82) is 0 Å². The lowest BCUT2D eigenvalue weighted by atomic mass is 10.2. The van der Waals surface area contributed by atoms with Crippen LogP contribution in [0, 0.1) is 12.7 Å². The van der Waals surface area contributed by atoms with Crippen molar-refractivity contribution in [2.45, 2.75) is 6.92 Å². The lowest BCUT2D eigenvalue weighted by Crippen LogP contribution is -2.21. The fraction of sp³-hybridized carbons (Fsp3) is 0.0714. The van der Waals surface area contributed by atoms with Crippen molar-refractivity contribution in [2.75, 3.05) is 16.4 Å². The van der Waals surface area contributed by atoms with Gasteiger partial charge in [0.1, 0.15) is 5.82 Å². The zero-order valence-electron chi connectivity index (χ0n) is 10.4. The molecule has 2 amide bonds. The molecule has 2 aromatic rings. The number of rotatable bonds is 2. The van der Waals surface area contributed by atoms with Gasteiger partial charge in [-0.15, -0.1) is 0 Å². The molecule has 4 N–H and O–H groups in total. The molecule has 0 aliphatic heterocycles. The zero-order chi connectivity index (χ0) is 13.8. The molecule has 2 aromatic carbocycles. The molecular formula is C14H14FN3O. The molecule has 0 saturated heterocycles. The maximum absolute atomic E-state index is 13.4. The Balaban J connectivity index is 2.12. The third kappa shape index (κ3) is 3.01. The number of carbonyl (C=O) groups is 1. The molecular weight excluding hydrogens is 245 g/mol. The van der Waals surface area contributed by atoms with Gasteiger partial charge in [-0.25, -0.2) is 9.18 Å². The van der Waals surface area contributed by atoms with Crippen molar-refractivity contribution in [3.8, 4) is 0 Å². The fourth-order valence-electron chi connectivity index (χ4n) is 1.69. The van der Waals surface area contributed by atoms with E-state index in [1.807, 2.05) is 13.0 Å². The minimum Gasteiger partial charge on any atom is -0.397 e. The average Bonchev–Trinajstić information content (AvgIpc) is 2.37. The van der Waals surface area contributed by atoms with Gasteiger partial charge in [-0.3, -0.25) is 0 Å². The van der Waals surface area contributed by atoms with Crippen molar-refractivity contribution in [1.82, 2.24) is 0 Å². The first-order valence-corrected chi connectivity index (χ1v) is 5.75. The number of nitrogen functional groups attached to an aromatic ring is 1. The third-order valence-corrected chi connectivity index (χ3v) is 2.67. The van der Waals surface area contributed by atoms with Crippen molar-refractivity contribution >= 4 is 23.1 Å². The number of hydrogen-bond acceptors (Lipinski definition) is 2. The number of para-hydroxylation sites is 2. The van der Waals surface area contributed by atoms with Crippen LogP contribution in [0.2, 0.25) is 0 Å². The molecule has 0 atom stereocenters. The van der Waals surface area contributed by atoms with Gasteiger partial charge in [0.05, 0.1) is 17.1 Å². The zero-order valence-corrected chi connectivity index (χ0v) is 10.4. The number of urea groups is 1. The highest BCUT2D eigenvalue weighted by Gasteiger charge is 2.09. The molecule has 0 aliphatic rings. The summed E-state index contributed by atoms with van der Waals surface area (Å²) in [6.45, 7) is 1.83. The smallest absolute Gasteiger partial charge is 0.323 e. The van der Waals surface area contributed by atoms with Crippen LogP contribution < -0.4 is 16.4 Å². The second kappa shape index (κ2) is 5.39. The largest absolute Gasteiger partial charge is 0.397 e. The number of amides is 2. The Morgan fingerprint density at radius 2 is 1.84 bits per heavy atom. The quantitative estimate of drug-likeness (QED) is 0.724. The highest BCUT2D eigenvalue weighted by Crippen LogP contribution is 2.22. The van der Waals surface area contributed by atoms with Gasteiger partial charge in [-0.05, 0) is 30.7 Å². The van der Waals surface area contributed by atoms with Gasteiger partial charge < -0.3 is 16.4 Å². The molecule has 0 fully saturated rings. The van der Waals surface area contributed by atoms with Gasteiger partial charge >= 0.3 is 6.03 Å². The second-order valence-corrected chi connectivity index (χ2v) is 4.10. The lowest BCUT2D eigenvalue weighted by Gasteiger charge is -2.12. The molecule has 0 spiro atoms. The summed E-state index contributed by atoms with van der Waals surface area (Å²) in [7, 11) is 0. The Labute approximate surface area is 110 Å². The van der Waals surface area contributed by atoms with Gasteiger partial charge in [0.15, 0.2) is 0 Å². The molecule has 0 unspecified atom stereocenters. The van der Waals surface area contributed by atoms with E-state index in [2.05, 4.69) is 10.6 Å². The van der Waals surface area contributed by atoms with Crippen LogP contribution in [0.3, 0.4) is 0 Å². The average molecular weight is 259 g/mol. The van der Waals surface area contributed by atoms with E-state index < -0.39 is 11.8 Å². The van der Waals surface area contributed by atoms with Gasteiger partial charge in [0, 0.05) is 0 Å². The van der Waals surface area contributed by atoms with Crippen LogP contribution in [0.5, 0.6) is 0 Å². The fourth-order valence-corrected chi connectivity index (χ4v) is 1.69. The van der Waals surface area contributed by atoms with Crippen molar-refractivity contribution < 1.29 is 9.18 Å². The summed E-state index contributed by atoms with van der Waals surface area (Å²) in [5.74, 6) is -0.490. The van der Waals surface area contributed by atoms with Crippen LogP contribution in [0.15, 0.2) is 42.5 Å². The maximum atomic E-state index is 13.4. The molecule has 0 radical (unpaired) electrons.